The molecule has 0 N–H and O–H groups in total. The Balaban J connectivity index is 2.70. The molecule has 0 atom stereocenters. The number of nitrogens with zero attached hydrogens (tertiary/aromatic N) is 1. The minimum Gasteiger partial charge on any atom is -0.493 e. The van der Waals surface area contributed by atoms with Gasteiger partial charge in [0.05, 0.1) is 12.1 Å². The highest BCUT2D eigenvalue weighted by Crippen LogP contribution is 2.27. The molecule has 2 rings (SSSR count). The maximum absolute atomic E-state index is 5.95. The maximum atomic E-state index is 5.95. The molecule has 3 heteroatoms. The molecule has 0 fully saturated rings. The molecule has 0 aliphatic heterocycles. The van der Waals surface area contributed by atoms with Gasteiger partial charge in [0.2, 0.25) is 0 Å². The van der Waals surface area contributed by atoms with Crippen molar-refractivity contribution < 1.29 is 4.74 Å². The fraction of sp³-hybridized carbons (Fsp3) is 0.250. The van der Waals surface area contributed by atoms with Crippen LogP contribution >= 0.6 is 11.6 Å². The van der Waals surface area contributed by atoms with E-state index < -0.39 is 0 Å². The van der Waals surface area contributed by atoms with E-state index in [1.807, 2.05) is 38.1 Å². The number of hydrogen-bond donors (Lipinski definition) is 0. The van der Waals surface area contributed by atoms with Gasteiger partial charge in [0, 0.05) is 22.2 Å². The van der Waals surface area contributed by atoms with Crippen molar-refractivity contribution in [1.82, 2.24) is 4.98 Å². The van der Waals surface area contributed by atoms with Gasteiger partial charge in [0.1, 0.15) is 5.75 Å². The van der Waals surface area contributed by atoms with E-state index in [-0.39, 0.29) is 0 Å². The first-order chi connectivity index (χ1) is 7.20. The lowest BCUT2D eigenvalue weighted by Gasteiger charge is -2.08. The van der Waals surface area contributed by atoms with E-state index >= 15 is 0 Å². The smallest absolute Gasteiger partial charge is 0.130 e. The monoisotopic (exact) mass is 221 g/mol. The second-order valence-electron chi connectivity index (χ2n) is 3.36. The number of hydrogen-bond acceptors (Lipinski definition) is 2. The van der Waals surface area contributed by atoms with Crippen LogP contribution in [0, 0.1) is 6.92 Å². The highest BCUT2D eigenvalue weighted by atomic mass is 35.5. The summed E-state index contributed by atoms with van der Waals surface area (Å²) in [7, 11) is 0. The van der Waals surface area contributed by atoms with Crippen LogP contribution in [0.5, 0.6) is 5.75 Å². The lowest BCUT2D eigenvalue weighted by molar-refractivity contribution is 0.344. The van der Waals surface area contributed by atoms with Gasteiger partial charge in [-0.1, -0.05) is 11.6 Å². The van der Waals surface area contributed by atoms with E-state index in [4.69, 9.17) is 16.3 Å². The minimum absolute atomic E-state index is 0.644. The molecule has 15 heavy (non-hydrogen) atoms. The number of rotatable bonds is 2. The molecule has 0 amide bonds. The molecule has 2 nitrogen and oxygen atoms in total. The van der Waals surface area contributed by atoms with E-state index in [0.29, 0.717) is 11.6 Å². The fourth-order valence-electron chi connectivity index (χ4n) is 1.57. The summed E-state index contributed by atoms with van der Waals surface area (Å²) in [4.78, 5) is 4.42. The van der Waals surface area contributed by atoms with Gasteiger partial charge in [0.25, 0.3) is 0 Å². The van der Waals surface area contributed by atoms with Crippen molar-refractivity contribution >= 4 is 22.5 Å². The zero-order valence-electron chi connectivity index (χ0n) is 8.75. The van der Waals surface area contributed by atoms with Crippen molar-refractivity contribution in [2.24, 2.45) is 0 Å². The number of benzene rings is 1. The second kappa shape index (κ2) is 4.07. The lowest BCUT2D eigenvalue weighted by Crippen LogP contribution is -1.95. The van der Waals surface area contributed by atoms with Crippen LogP contribution in [0.1, 0.15) is 12.6 Å². The van der Waals surface area contributed by atoms with Crippen LogP contribution in [0.15, 0.2) is 24.3 Å². The summed E-state index contributed by atoms with van der Waals surface area (Å²) in [5, 5.41) is 1.67. The Kier molecular flexibility index (Phi) is 2.78. The van der Waals surface area contributed by atoms with Gasteiger partial charge >= 0.3 is 0 Å². The van der Waals surface area contributed by atoms with Gasteiger partial charge in [-0.3, -0.25) is 4.98 Å². The summed E-state index contributed by atoms with van der Waals surface area (Å²) in [5.41, 5.74) is 1.87. The van der Waals surface area contributed by atoms with Crippen molar-refractivity contribution in [1.29, 1.82) is 0 Å². The molecule has 1 aromatic heterocycles. The Morgan fingerprint density at radius 3 is 2.87 bits per heavy atom. The fourth-order valence-corrected chi connectivity index (χ4v) is 1.74. The van der Waals surface area contributed by atoms with Gasteiger partial charge in [0.15, 0.2) is 0 Å². The summed E-state index contributed by atoms with van der Waals surface area (Å²) < 4.78 is 5.56. The summed E-state index contributed by atoms with van der Waals surface area (Å²) in [6.07, 6.45) is 0. The lowest BCUT2D eigenvalue weighted by atomic mass is 10.2. The van der Waals surface area contributed by atoms with Crippen molar-refractivity contribution in [3.8, 4) is 5.75 Å². The zero-order chi connectivity index (χ0) is 10.8. The normalized spacial score (nSPS) is 10.6. The van der Waals surface area contributed by atoms with E-state index in [1.54, 1.807) is 0 Å². The number of aromatic nitrogens is 1. The molecule has 0 unspecified atom stereocenters. The molecular weight excluding hydrogens is 210 g/mol. The van der Waals surface area contributed by atoms with Crippen molar-refractivity contribution in [3.05, 3.63) is 35.0 Å². The number of ether oxygens (including phenoxy) is 1. The molecule has 78 valence electrons. The third kappa shape index (κ3) is 2.05. The average molecular weight is 222 g/mol. The number of aryl methyl sites for hydroxylation is 1. The molecule has 0 aliphatic carbocycles. The van der Waals surface area contributed by atoms with E-state index in [2.05, 4.69) is 4.98 Å². The molecule has 0 saturated heterocycles. The first-order valence-corrected chi connectivity index (χ1v) is 5.28. The number of pyridine rings is 1. The van der Waals surface area contributed by atoms with Crippen molar-refractivity contribution in [3.63, 3.8) is 0 Å². The zero-order valence-corrected chi connectivity index (χ0v) is 9.51. The molecule has 0 saturated carbocycles. The standard InChI is InChI=1S/C12H12ClNO/c1-3-15-12-6-8(2)14-11-5-4-9(13)7-10(11)12/h4-7H,3H2,1-2H3. The predicted octanol–water partition coefficient (Wildman–Crippen LogP) is 3.60. The van der Waals surface area contributed by atoms with Crippen LogP contribution < -0.4 is 4.74 Å². The summed E-state index contributed by atoms with van der Waals surface area (Å²) in [6, 6.07) is 7.57. The number of halogens is 1. The van der Waals surface area contributed by atoms with E-state index in [1.165, 1.54) is 0 Å². The van der Waals surface area contributed by atoms with Gasteiger partial charge in [-0.2, -0.15) is 0 Å². The largest absolute Gasteiger partial charge is 0.493 e. The maximum Gasteiger partial charge on any atom is 0.130 e. The number of fused-ring (bicyclic) bond motifs is 1. The Bertz CT molecular complexity index is 496. The van der Waals surface area contributed by atoms with Gasteiger partial charge < -0.3 is 4.74 Å². The Morgan fingerprint density at radius 1 is 1.33 bits per heavy atom. The topological polar surface area (TPSA) is 22.1 Å². The summed E-state index contributed by atoms with van der Waals surface area (Å²) in [5.74, 6) is 0.850. The van der Waals surface area contributed by atoms with Crippen LogP contribution in [-0.2, 0) is 0 Å². The first-order valence-electron chi connectivity index (χ1n) is 4.90. The van der Waals surface area contributed by atoms with E-state index in [9.17, 15) is 0 Å². The molecule has 1 aromatic carbocycles. The Labute approximate surface area is 93.8 Å². The SMILES string of the molecule is CCOc1cc(C)nc2ccc(Cl)cc12. The van der Waals surface area contributed by atoms with Crippen LogP contribution in [0.3, 0.4) is 0 Å². The van der Waals surface area contributed by atoms with Crippen molar-refractivity contribution in [2.45, 2.75) is 13.8 Å². The Morgan fingerprint density at radius 2 is 2.13 bits per heavy atom. The molecule has 0 aliphatic rings. The van der Waals surface area contributed by atoms with Gasteiger partial charge in [-0.15, -0.1) is 0 Å². The highest BCUT2D eigenvalue weighted by Gasteiger charge is 2.05. The molecule has 0 bridgehead atoms. The molecule has 2 aromatic rings. The highest BCUT2D eigenvalue weighted by molar-refractivity contribution is 6.31. The summed E-state index contributed by atoms with van der Waals surface area (Å²) >= 11 is 5.95. The third-order valence-corrected chi connectivity index (χ3v) is 2.40. The molecule has 0 radical (unpaired) electrons. The van der Waals surface area contributed by atoms with Crippen LogP contribution in [0.25, 0.3) is 10.9 Å². The van der Waals surface area contributed by atoms with Crippen LogP contribution in [-0.4, -0.2) is 11.6 Å². The molecular formula is C12H12ClNO. The Hall–Kier alpha value is -1.28. The molecule has 1 heterocycles. The average Bonchev–Trinajstić information content (AvgIpc) is 2.19. The van der Waals surface area contributed by atoms with Gasteiger partial charge in [-0.25, -0.2) is 0 Å². The predicted molar refractivity (Wildman–Crippen MR) is 62.7 cm³/mol. The third-order valence-electron chi connectivity index (χ3n) is 2.16. The van der Waals surface area contributed by atoms with E-state index in [0.717, 1.165) is 22.3 Å². The quantitative estimate of drug-likeness (QED) is 0.773. The summed E-state index contributed by atoms with van der Waals surface area (Å²) in [6.45, 7) is 4.56. The minimum atomic E-state index is 0.644. The second-order valence-corrected chi connectivity index (χ2v) is 3.79. The van der Waals surface area contributed by atoms with Crippen LogP contribution in [0.2, 0.25) is 5.02 Å². The first kappa shape index (κ1) is 10.2. The van der Waals surface area contributed by atoms with Crippen LogP contribution in [0.4, 0.5) is 0 Å². The molecule has 0 spiro atoms. The van der Waals surface area contributed by atoms with Crippen molar-refractivity contribution in [2.75, 3.05) is 6.61 Å². The van der Waals surface area contributed by atoms with Gasteiger partial charge in [-0.05, 0) is 32.0 Å².